The number of rotatable bonds is 11. The number of nitrogens with zero attached hydrogens (tertiary/aromatic N) is 7. The molecule has 5 rings (SSSR count). The zero-order valence-electron chi connectivity index (χ0n) is 35.9. The van der Waals surface area contributed by atoms with E-state index in [1.165, 1.54) is 18.3 Å². The summed E-state index contributed by atoms with van der Waals surface area (Å²) in [6, 6.07) is -1.06. The predicted molar refractivity (Wildman–Crippen MR) is 215 cm³/mol. The molecule has 2 aromatic rings. The number of nitrogens with one attached hydrogen (secondary N) is 1. The van der Waals surface area contributed by atoms with Gasteiger partial charge in [0.2, 0.25) is 5.13 Å². The van der Waals surface area contributed by atoms with Crippen molar-refractivity contribution in [3.8, 4) is 10.7 Å². The van der Waals surface area contributed by atoms with Crippen LogP contribution in [0.25, 0.3) is 10.7 Å². The molecule has 19 heteroatoms. The first kappa shape index (κ1) is 45.7. The highest BCUT2D eigenvalue weighted by Crippen LogP contribution is 2.40. The number of nitrogens with two attached hydrogens (primary N) is 1. The van der Waals surface area contributed by atoms with Crippen LogP contribution in [-0.2, 0) is 39.8 Å². The molecule has 2 aromatic heterocycles. The average Bonchev–Trinajstić information content (AvgIpc) is 3.90. The monoisotopic (exact) mass is 835 g/mol. The molecule has 3 aliphatic heterocycles. The number of hydrogen-bond acceptors (Lipinski definition) is 17. The van der Waals surface area contributed by atoms with E-state index in [1.54, 1.807) is 29.8 Å². The molecular formula is C39H65N9O9S. The van der Waals surface area contributed by atoms with Gasteiger partial charge in [-0.15, -0.1) is 15.3 Å². The fraction of sp³-hybridized carbons (Fsp3) is 0.821. The summed E-state index contributed by atoms with van der Waals surface area (Å²) in [5, 5.41) is 32.3. The van der Waals surface area contributed by atoms with Gasteiger partial charge in [-0.2, -0.15) is 0 Å². The number of hydrogen-bond donors (Lipinski definition) is 3. The summed E-state index contributed by atoms with van der Waals surface area (Å²) < 4.78 is 33.2. The number of esters is 1. The van der Waals surface area contributed by atoms with Crippen molar-refractivity contribution in [2.45, 2.75) is 154 Å². The highest BCUT2D eigenvalue weighted by atomic mass is 32.1. The third-order valence-electron chi connectivity index (χ3n) is 12.3. The molecule has 3 fully saturated rings. The fourth-order valence-corrected chi connectivity index (χ4v) is 9.62. The Morgan fingerprint density at radius 1 is 1.09 bits per heavy atom. The van der Waals surface area contributed by atoms with Gasteiger partial charge >= 0.3 is 12.1 Å². The second kappa shape index (κ2) is 18.9. The number of carbonyl (C=O) groups excluding carboxylic acids is 3. The van der Waals surface area contributed by atoms with E-state index in [0.29, 0.717) is 67.6 Å². The van der Waals surface area contributed by atoms with Crippen molar-refractivity contribution in [1.29, 1.82) is 0 Å². The third kappa shape index (κ3) is 9.82. The van der Waals surface area contributed by atoms with Crippen LogP contribution in [0.1, 0.15) is 87.5 Å². The number of aryl methyl sites for hydroxylation is 1. The summed E-state index contributed by atoms with van der Waals surface area (Å²) in [5.41, 5.74) is 4.03. The number of nitrogen functional groups attached to an aromatic ring is 1. The van der Waals surface area contributed by atoms with Gasteiger partial charge < -0.3 is 44.7 Å². The van der Waals surface area contributed by atoms with Crippen LogP contribution in [0.2, 0.25) is 0 Å². The summed E-state index contributed by atoms with van der Waals surface area (Å²) >= 11 is 1.23. The largest absolute Gasteiger partial charge is 0.458 e. The van der Waals surface area contributed by atoms with E-state index in [-0.39, 0.29) is 24.1 Å². The summed E-state index contributed by atoms with van der Waals surface area (Å²) in [4.78, 5) is 45.8. The number of ketones is 1. The van der Waals surface area contributed by atoms with Crippen LogP contribution < -0.4 is 11.1 Å². The van der Waals surface area contributed by atoms with Crippen molar-refractivity contribution in [3.63, 3.8) is 0 Å². The molecule has 3 aliphatic rings. The lowest BCUT2D eigenvalue weighted by Gasteiger charge is -2.46. The van der Waals surface area contributed by atoms with Crippen LogP contribution in [0.5, 0.6) is 0 Å². The molecule has 326 valence electrons. The van der Waals surface area contributed by atoms with Crippen LogP contribution in [-0.4, -0.2) is 152 Å². The Labute approximate surface area is 345 Å². The Morgan fingerprint density at radius 2 is 1.79 bits per heavy atom. The number of aliphatic hydroxyl groups is 1. The maximum absolute atomic E-state index is 14.4. The first-order valence-electron chi connectivity index (χ1n) is 20.5. The standard InChI is InChI=1S/C39H65N9O9S/c1-12-28-39(8)31(48(37(52)57-39)16-14-13-15-47-20-26(42-45-47)33-43-44-36(40)58-33)25(6)41-19-21(2)18-38(7,53-11)32(23(4)29(49)24(5)34(51)55-28)56-35-30(50)27(46(9)10)17-22(3)54-35/h20-25,27-28,30-32,35,41,50H,12-19H2,1-11H3,(H2,40,44)/t21-,22-,23+,24-,25-,27?,28-,30?,31-,32-,35+,38-,39-/m1/s1. The van der Waals surface area contributed by atoms with Gasteiger partial charge in [-0.1, -0.05) is 37.3 Å². The number of unbranched alkanes of at least 4 members (excludes halogenated alkanes) is 1. The van der Waals surface area contributed by atoms with E-state index in [0.717, 1.165) is 0 Å². The quantitative estimate of drug-likeness (QED) is 0.168. The Hall–Kier alpha value is -3.33. The van der Waals surface area contributed by atoms with Crippen molar-refractivity contribution in [3.05, 3.63) is 6.20 Å². The minimum atomic E-state index is -1.24. The molecule has 0 radical (unpaired) electrons. The van der Waals surface area contributed by atoms with Gasteiger partial charge in [0.05, 0.1) is 30.0 Å². The fourth-order valence-electron chi connectivity index (χ4n) is 9.06. The number of Topliss-reactive ketones (excluding diaryl/α,β-unsaturated/α-hetero) is 1. The highest BCUT2D eigenvalue weighted by Gasteiger charge is 2.58. The SMILES string of the molecule is CC[C@H]1OC(=O)[C@H](C)C(=O)[C@H](C)[C@@H](O[C@@H]2O[C@H](C)CC(N(C)C)C2O)[C@](C)(OC)C[C@@H](C)CN[C@H](C)[C@H]2N(CCCCn3cc(-c4nnc(N)s4)nn3)C(=O)O[C@]12C. The number of fused-ring (bicyclic) bond motifs is 1. The molecule has 4 N–H and O–H groups in total. The van der Waals surface area contributed by atoms with Crippen molar-refractivity contribution < 1.29 is 43.2 Å². The number of likely N-dealkylation sites (N-methyl/N-ethyl adjacent to an activating group) is 1. The number of carbonyl (C=O) groups is 3. The molecule has 1 amide bonds. The first-order chi connectivity index (χ1) is 27.3. The van der Waals surface area contributed by atoms with Gasteiger partial charge in [0.1, 0.15) is 23.8 Å². The number of aromatic nitrogens is 5. The predicted octanol–water partition coefficient (Wildman–Crippen LogP) is 3.14. The van der Waals surface area contributed by atoms with E-state index >= 15 is 0 Å². The van der Waals surface area contributed by atoms with Gasteiger partial charge in [0.15, 0.2) is 22.7 Å². The van der Waals surface area contributed by atoms with Crippen molar-refractivity contribution in [1.82, 2.24) is 40.3 Å². The molecule has 0 bridgehead atoms. The molecule has 0 aromatic carbocycles. The number of anilines is 1. The Kier molecular flexibility index (Phi) is 14.9. The van der Waals surface area contributed by atoms with Crippen LogP contribution in [0.3, 0.4) is 0 Å². The third-order valence-corrected chi connectivity index (χ3v) is 13.1. The Balaban J connectivity index is 1.38. The summed E-state index contributed by atoms with van der Waals surface area (Å²) in [7, 11) is 5.38. The smallest absolute Gasteiger partial charge is 0.410 e. The molecule has 5 heterocycles. The summed E-state index contributed by atoms with van der Waals surface area (Å²) in [6.45, 7) is 16.3. The topological polar surface area (TPSA) is 219 Å². The molecular weight excluding hydrogens is 771 g/mol. The molecule has 58 heavy (non-hydrogen) atoms. The zero-order chi connectivity index (χ0) is 42.7. The van der Waals surface area contributed by atoms with Crippen LogP contribution in [0.15, 0.2) is 6.20 Å². The normalized spacial score (nSPS) is 36.9. The van der Waals surface area contributed by atoms with E-state index in [2.05, 4.69) is 32.7 Å². The van der Waals surface area contributed by atoms with Crippen molar-refractivity contribution in [2.75, 3.05) is 40.0 Å². The lowest BCUT2D eigenvalue weighted by atomic mass is 9.78. The average molecular weight is 836 g/mol. The van der Waals surface area contributed by atoms with Crippen LogP contribution in [0.4, 0.5) is 9.93 Å². The Morgan fingerprint density at radius 3 is 2.43 bits per heavy atom. The van der Waals surface area contributed by atoms with Gasteiger partial charge in [-0.25, -0.2) is 4.79 Å². The molecule has 2 unspecified atom stereocenters. The summed E-state index contributed by atoms with van der Waals surface area (Å²) in [5.74, 6) is -3.19. The molecule has 18 nitrogen and oxygen atoms in total. The highest BCUT2D eigenvalue weighted by molar-refractivity contribution is 7.18. The molecule has 3 saturated heterocycles. The van der Waals surface area contributed by atoms with Gasteiger partial charge in [0, 0.05) is 38.2 Å². The molecule has 0 spiro atoms. The number of aliphatic hydroxyl groups excluding tert-OH is 1. The van der Waals surface area contributed by atoms with Crippen LogP contribution >= 0.6 is 11.3 Å². The number of ether oxygens (including phenoxy) is 5. The van der Waals surface area contributed by atoms with Crippen LogP contribution in [0, 0.1) is 17.8 Å². The van der Waals surface area contributed by atoms with E-state index < -0.39 is 71.5 Å². The van der Waals surface area contributed by atoms with E-state index in [9.17, 15) is 19.5 Å². The maximum atomic E-state index is 14.4. The van der Waals surface area contributed by atoms with Gasteiger partial charge in [-0.3, -0.25) is 19.2 Å². The number of methoxy groups -OCH3 is 1. The zero-order valence-corrected chi connectivity index (χ0v) is 36.7. The second-order valence-corrected chi connectivity index (χ2v) is 18.1. The first-order valence-corrected chi connectivity index (χ1v) is 21.3. The minimum absolute atomic E-state index is 0.0178. The minimum Gasteiger partial charge on any atom is -0.458 e. The second-order valence-electron chi connectivity index (χ2n) is 17.1. The molecule has 0 saturated carbocycles. The van der Waals surface area contributed by atoms with Gasteiger partial charge in [-0.05, 0) is 93.3 Å². The van der Waals surface area contributed by atoms with E-state index in [4.69, 9.17) is 29.4 Å². The van der Waals surface area contributed by atoms with E-state index in [1.807, 2.05) is 53.6 Å². The van der Waals surface area contributed by atoms with Gasteiger partial charge in [0.25, 0.3) is 0 Å². The van der Waals surface area contributed by atoms with Crippen molar-refractivity contribution >= 4 is 34.3 Å². The van der Waals surface area contributed by atoms with Crippen molar-refractivity contribution in [2.24, 2.45) is 17.8 Å². The Bertz CT molecular complexity index is 1710. The maximum Gasteiger partial charge on any atom is 0.410 e. The lowest BCUT2D eigenvalue weighted by Crippen LogP contribution is -2.61. The summed E-state index contributed by atoms with van der Waals surface area (Å²) in [6.07, 6.45) is 0.00990. The number of cyclic esters (lactones) is 1. The lowest BCUT2D eigenvalue weighted by molar-refractivity contribution is -0.295. The molecule has 13 atom stereocenters. The number of amides is 1. The molecule has 0 aliphatic carbocycles.